The van der Waals surface area contributed by atoms with Crippen molar-refractivity contribution in [3.63, 3.8) is 0 Å². The Balaban J connectivity index is 2.39. The molecule has 2 atom stereocenters. The van der Waals surface area contributed by atoms with Crippen LogP contribution in [0.15, 0.2) is 23.0 Å². The Morgan fingerprint density at radius 3 is 2.53 bits per heavy atom. The van der Waals surface area contributed by atoms with Gasteiger partial charge in [-0.3, -0.25) is 0 Å². The first-order valence-corrected chi connectivity index (χ1v) is 5.58. The molecule has 0 bridgehead atoms. The zero-order valence-electron chi connectivity index (χ0n) is 10.2. The van der Waals surface area contributed by atoms with Crippen molar-refractivity contribution < 1.29 is 9.52 Å². The van der Waals surface area contributed by atoms with E-state index >= 15 is 0 Å². The van der Waals surface area contributed by atoms with Gasteiger partial charge in [-0.05, 0) is 29.4 Å². The molecule has 0 saturated carbocycles. The number of aliphatic hydroxyl groups excluding tert-OH is 1. The molecule has 15 heavy (non-hydrogen) atoms. The van der Waals surface area contributed by atoms with Gasteiger partial charge in [0, 0.05) is 6.42 Å². The molecule has 0 radical (unpaired) electrons. The summed E-state index contributed by atoms with van der Waals surface area (Å²) < 4.78 is 4.98. The fraction of sp³-hybridized carbons (Fsp3) is 0.692. The van der Waals surface area contributed by atoms with Crippen LogP contribution in [0.2, 0.25) is 0 Å². The van der Waals surface area contributed by atoms with Crippen molar-refractivity contribution in [2.45, 2.75) is 46.6 Å². The van der Waals surface area contributed by atoms with E-state index in [9.17, 15) is 5.11 Å². The monoisotopic (exact) mass is 210 g/mol. The molecule has 2 nitrogen and oxygen atoms in total. The molecule has 0 aliphatic rings. The Labute approximate surface area is 92.3 Å². The second kappa shape index (κ2) is 4.84. The summed E-state index contributed by atoms with van der Waals surface area (Å²) in [7, 11) is 0. The SMILES string of the molecule is CC(CC(O)Cc1ccoc1)C(C)(C)C. The van der Waals surface area contributed by atoms with Gasteiger partial charge in [-0.15, -0.1) is 0 Å². The van der Waals surface area contributed by atoms with Crippen LogP contribution in [0.5, 0.6) is 0 Å². The van der Waals surface area contributed by atoms with Gasteiger partial charge in [0.25, 0.3) is 0 Å². The second-order valence-electron chi connectivity index (χ2n) is 5.49. The maximum Gasteiger partial charge on any atom is 0.0935 e. The highest BCUT2D eigenvalue weighted by Crippen LogP contribution is 2.29. The zero-order valence-corrected chi connectivity index (χ0v) is 10.2. The number of rotatable bonds is 4. The summed E-state index contributed by atoms with van der Waals surface area (Å²) in [5.41, 5.74) is 1.33. The molecular weight excluding hydrogens is 188 g/mol. The minimum atomic E-state index is -0.267. The lowest BCUT2D eigenvalue weighted by Crippen LogP contribution is -2.23. The molecule has 1 heterocycles. The van der Waals surface area contributed by atoms with E-state index in [0.29, 0.717) is 12.3 Å². The Hall–Kier alpha value is -0.760. The average Bonchev–Trinajstić information content (AvgIpc) is 2.54. The number of hydrogen-bond donors (Lipinski definition) is 1. The van der Waals surface area contributed by atoms with Crippen molar-refractivity contribution in [3.8, 4) is 0 Å². The summed E-state index contributed by atoms with van der Waals surface area (Å²) in [6.07, 6.45) is 4.61. The molecule has 0 spiro atoms. The lowest BCUT2D eigenvalue weighted by molar-refractivity contribution is 0.110. The number of aliphatic hydroxyl groups is 1. The van der Waals surface area contributed by atoms with E-state index in [4.69, 9.17) is 4.42 Å². The van der Waals surface area contributed by atoms with Gasteiger partial charge in [0.2, 0.25) is 0 Å². The van der Waals surface area contributed by atoms with Crippen molar-refractivity contribution in [1.29, 1.82) is 0 Å². The highest BCUT2D eigenvalue weighted by Gasteiger charge is 2.22. The second-order valence-corrected chi connectivity index (χ2v) is 5.49. The standard InChI is InChI=1S/C13H22O2/c1-10(13(2,3)4)7-12(14)8-11-5-6-15-9-11/h5-6,9-10,12,14H,7-8H2,1-4H3. The summed E-state index contributed by atoms with van der Waals surface area (Å²) in [5, 5.41) is 9.91. The molecule has 1 rings (SSSR count). The van der Waals surface area contributed by atoms with E-state index in [2.05, 4.69) is 27.7 Å². The fourth-order valence-corrected chi connectivity index (χ4v) is 1.53. The Morgan fingerprint density at radius 1 is 1.40 bits per heavy atom. The van der Waals surface area contributed by atoms with Gasteiger partial charge in [-0.25, -0.2) is 0 Å². The van der Waals surface area contributed by atoms with E-state index < -0.39 is 0 Å². The number of hydrogen-bond acceptors (Lipinski definition) is 2. The summed E-state index contributed by atoms with van der Waals surface area (Å²) in [4.78, 5) is 0. The Bertz CT molecular complexity index is 269. The van der Waals surface area contributed by atoms with Gasteiger partial charge in [0.15, 0.2) is 0 Å². The van der Waals surface area contributed by atoms with Crippen molar-refractivity contribution in [3.05, 3.63) is 24.2 Å². The summed E-state index contributed by atoms with van der Waals surface area (Å²) in [6.45, 7) is 8.82. The van der Waals surface area contributed by atoms with Crippen LogP contribution >= 0.6 is 0 Å². The van der Waals surface area contributed by atoms with E-state index in [1.165, 1.54) is 0 Å². The third-order valence-electron chi connectivity index (χ3n) is 3.16. The lowest BCUT2D eigenvalue weighted by Gasteiger charge is -2.29. The maximum atomic E-state index is 9.91. The molecule has 0 saturated heterocycles. The van der Waals surface area contributed by atoms with Crippen LogP contribution in [0.1, 0.15) is 39.7 Å². The third kappa shape index (κ3) is 4.08. The van der Waals surface area contributed by atoms with Crippen molar-refractivity contribution >= 4 is 0 Å². The molecule has 1 aromatic rings. The molecule has 86 valence electrons. The fourth-order valence-electron chi connectivity index (χ4n) is 1.53. The zero-order chi connectivity index (χ0) is 11.5. The maximum absolute atomic E-state index is 9.91. The Kier molecular flexibility index (Phi) is 3.97. The molecule has 2 unspecified atom stereocenters. The van der Waals surface area contributed by atoms with Gasteiger partial charge in [0.05, 0.1) is 18.6 Å². The van der Waals surface area contributed by atoms with Crippen molar-refractivity contribution in [2.24, 2.45) is 11.3 Å². The highest BCUT2D eigenvalue weighted by molar-refractivity contribution is 5.06. The van der Waals surface area contributed by atoms with Crippen LogP contribution in [0.25, 0.3) is 0 Å². The molecule has 2 heteroatoms. The van der Waals surface area contributed by atoms with E-state index in [1.807, 2.05) is 6.07 Å². The first kappa shape index (κ1) is 12.3. The lowest BCUT2D eigenvalue weighted by atomic mass is 9.78. The summed E-state index contributed by atoms with van der Waals surface area (Å²) in [6, 6.07) is 1.91. The molecule has 0 aliphatic heterocycles. The summed E-state index contributed by atoms with van der Waals surface area (Å²) >= 11 is 0. The van der Waals surface area contributed by atoms with Crippen LogP contribution in [0, 0.1) is 11.3 Å². The van der Waals surface area contributed by atoms with Gasteiger partial charge in [-0.1, -0.05) is 27.7 Å². The third-order valence-corrected chi connectivity index (χ3v) is 3.16. The predicted octanol–water partition coefficient (Wildman–Crippen LogP) is 3.26. The molecule has 0 amide bonds. The molecule has 0 aromatic carbocycles. The molecule has 1 N–H and O–H groups in total. The minimum Gasteiger partial charge on any atom is -0.472 e. The van der Waals surface area contributed by atoms with E-state index in [-0.39, 0.29) is 11.5 Å². The first-order valence-electron chi connectivity index (χ1n) is 5.58. The van der Waals surface area contributed by atoms with Gasteiger partial charge in [-0.2, -0.15) is 0 Å². The minimum absolute atomic E-state index is 0.261. The first-order chi connectivity index (χ1) is 6.89. The summed E-state index contributed by atoms with van der Waals surface area (Å²) in [5.74, 6) is 0.513. The number of furan rings is 1. The molecule has 1 aromatic heterocycles. The van der Waals surface area contributed by atoms with Gasteiger partial charge in [0.1, 0.15) is 0 Å². The van der Waals surface area contributed by atoms with Crippen LogP contribution in [0.4, 0.5) is 0 Å². The molecule has 0 aliphatic carbocycles. The smallest absolute Gasteiger partial charge is 0.0935 e. The predicted molar refractivity (Wildman–Crippen MR) is 61.7 cm³/mol. The van der Waals surface area contributed by atoms with Crippen LogP contribution in [-0.4, -0.2) is 11.2 Å². The molecular formula is C13H22O2. The topological polar surface area (TPSA) is 33.4 Å². The average molecular weight is 210 g/mol. The van der Waals surface area contributed by atoms with Crippen molar-refractivity contribution in [1.82, 2.24) is 0 Å². The van der Waals surface area contributed by atoms with Crippen LogP contribution < -0.4 is 0 Å². The van der Waals surface area contributed by atoms with Gasteiger partial charge < -0.3 is 9.52 Å². The highest BCUT2D eigenvalue weighted by atomic mass is 16.3. The Morgan fingerprint density at radius 2 is 2.07 bits per heavy atom. The largest absolute Gasteiger partial charge is 0.472 e. The van der Waals surface area contributed by atoms with E-state index in [1.54, 1.807) is 12.5 Å². The van der Waals surface area contributed by atoms with Gasteiger partial charge >= 0.3 is 0 Å². The van der Waals surface area contributed by atoms with Crippen LogP contribution in [0.3, 0.4) is 0 Å². The molecule has 0 fully saturated rings. The van der Waals surface area contributed by atoms with Crippen LogP contribution in [-0.2, 0) is 6.42 Å². The van der Waals surface area contributed by atoms with E-state index in [0.717, 1.165) is 12.0 Å². The van der Waals surface area contributed by atoms with Crippen molar-refractivity contribution in [2.75, 3.05) is 0 Å². The normalized spacial score (nSPS) is 16.3. The quantitative estimate of drug-likeness (QED) is 0.827.